The molecule has 0 bridgehead atoms. The van der Waals surface area contributed by atoms with Crippen LogP contribution >= 0.6 is 11.6 Å². The van der Waals surface area contributed by atoms with Crippen LogP contribution in [-0.2, 0) is 17.9 Å². The molecule has 0 saturated carbocycles. The van der Waals surface area contributed by atoms with E-state index in [1.165, 1.54) is 0 Å². The van der Waals surface area contributed by atoms with Gasteiger partial charge in [0.05, 0.1) is 5.92 Å². The standard InChI is InChI=1S/C22H24ClN5O2/c1-2-28-21(25-26-22(28)27-12-11-17(13-27)20(24)29)16-5-3-15(4-6-16)14-30-19-9-7-18(23)8-10-19/h3-10,17H,2,11-14H2,1H3,(H2,24,29). The fraction of sp³-hybridized carbons (Fsp3) is 0.318. The molecule has 1 amide bonds. The van der Waals surface area contributed by atoms with Gasteiger partial charge in [-0.2, -0.15) is 0 Å². The van der Waals surface area contributed by atoms with Crippen LogP contribution in [0.15, 0.2) is 48.5 Å². The predicted octanol–water partition coefficient (Wildman–Crippen LogP) is 3.51. The number of halogens is 1. The lowest BCUT2D eigenvalue weighted by Crippen LogP contribution is -2.28. The molecule has 1 aliphatic heterocycles. The molecule has 1 aromatic heterocycles. The maximum atomic E-state index is 11.5. The summed E-state index contributed by atoms with van der Waals surface area (Å²) in [5.41, 5.74) is 7.50. The molecule has 1 atom stereocenters. The molecular weight excluding hydrogens is 402 g/mol. The number of benzene rings is 2. The van der Waals surface area contributed by atoms with Gasteiger partial charge in [-0.1, -0.05) is 35.9 Å². The van der Waals surface area contributed by atoms with Gasteiger partial charge in [-0.25, -0.2) is 0 Å². The van der Waals surface area contributed by atoms with Crippen LogP contribution in [0.25, 0.3) is 11.4 Å². The number of amides is 1. The minimum atomic E-state index is -0.253. The number of hydrogen-bond acceptors (Lipinski definition) is 5. The first-order valence-corrected chi connectivity index (χ1v) is 10.4. The third-order valence-electron chi connectivity index (χ3n) is 5.35. The molecule has 1 fully saturated rings. The highest BCUT2D eigenvalue weighted by Crippen LogP contribution is 2.27. The molecule has 1 aliphatic rings. The zero-order valence-corrected chi connectivity index (χ0v) is 17.5. The number of aromatic nitrogens is 3. The zero-order chi connectivity index (χ0) is 21.1. The fourth-order valence-electron chi connectivity index (χ4n) is 3.66. The van der Waals surface area contributed by atoms with Crippen molar-refractivity contribution in [3.63, 3.8) is 0 Å². The van der Waals surface area contributed by atoms with E-state index < -0.39 is 0 Å². The van der Waals surface area contributed by atoms with Crippen molar-refractivity contribution >= 4 is 23.5 Å². The molecule has 7 nitrogen and oxygen atoms in total. The Balaban J connectivity index is 1.47. The van der Waals surface area contributed by atoms with Gasteiger partial charge in [-0.15, -0.1) is 10.2 Å². The van der Waals surface area contributed by atoms with Crippen molar-refractivity contribution in [2.24, 2.45) is 11.7 Å². The van der Waals surface area contributed by atoms with Crippen molar-refractivity contribution in [3.05, 3.63) is 59.1 Å². The van der Waals surface area contributed by atoms with Crippen LogP contribution in [0.3, 0.4) is 0 Å². The number of hydrogen-bond donors (Lipinski definition) is 1. The molecule has 0 spiro atoms. The summed E-state index contributed by atoms with van der Waals surface area (Å²) in [5.74, 6) is 1.98. The molecule has 30 heavy (non-hydrogen) atoms. The molecular formula is C22H24ClN5O2. The van der Waals surface area contributed by atoms with Gasteiger partial charge in [0.2, 0.25) is 11.9 Å². The first-order valence-electron chi connectivity index (χ1n) is 10.00. The molecule has 2 aromatic carbocycles. The Bertz CT molecular complexity index is 1020. The number of nitrogens with zero attached hydrogens (tertiary/aromatic N) is 4. The summed E-state index contributed by atoms with van der Waals surface area (Å²) in [6.45, 7) is 4.61. The number of carbonyl (C=O) groups excluding carboxylic acids is 1. The molecule has 4 rings (SSSR count). The van der Waals surface area contributed by atoms with Crippen LogP contribution in [0, 0.1) is 5.92 Å². The summed E-state index contributed by atoms with van der Waals surface area (Å²) in [4.78, 5) is 13.6. The quantitative estimate of drug-likeness (QED) is 0.626. The highest BCUT2D eigenvalue weighted by atomic mass is 35.5. The van der Waals surface area contributed by atoms with Crippen molar-refractivity contribution in [3.8, 4) is 17.1 Å². The van der Waals surface area contributed by atoms with Gasteiger partial charge in [0.1, 0.15) is 12.4 Å². The zero-order valence-electron chi connectivity index (χ0n) is 16.8. The molecule has 1 unspecified atom stereocenters. The van der Waals surface area contributed by atoms with Gasteiger partial charge in [0, 0.05) is 30.2 Å². The summed E-state index contributed by atoms with van der Waals surface area (Å²) < 4.78 is 7.87. The van der Waals surface area contributed by atoms with Crippen LogP contribution in [0.1, 0.15) is 18.9 Å². The average Bonchev–Trinajstić information content (AvgIpc) is 3.40. The molecule has 2 N–H and O–H groups in total. The number of primary amides is 1. The second-order valence-electron chi connectivity index (χ2n) is 7.34. The van der Waals surface area contributed by atoms with Gasteiger partial charge in [0.15, 0.2) is 5.82 Å². The van der Waals surface area contributed by atoms with Crippen LogP contribution < -0.4 is 15.4 Å². The minimum absolute atomic E-state index is 0.129. The highest BCUT2D eigenvalue weighted by molar-refractivity contribution is 6.30. The first-order chi connectivity index (χ1) is 14.5. The lowest BCUT2D eigenvalue weighted by molar-refractivity contribution is -0.121. The monoisotopic (exact) mass is 425 g/mol. The van der Waals surface area contributed by atoms with Crippen molar-refractivity contribution in [1.82, 2.24) is 14.8 Å². The van der Waals surface area contributed by atoms with E-state index >= 15 is 0 Å². The van der Waals surface area contributed by atoms with E-state index in [0.717, 1.165) is 48.2 Å². The van der Waals surface area contributed by atoms with E-state index in [1.807, 2.05) is 36.4 Å². The molecule has 0 aliphatic carbocycles. The van der Waals surface area contributed by atoms with Crippen LogP contribution in [0.5, 0.6) is 5.75 Å². The largest absolute Gasteiger partial charge is 0.489 e. The Kier molecular flexibility index (Phi) is 5.90. The number of rotatable bonds is 7. The third kappa shape index (κ3) is 4.26. The van der Waals surface area contributed by atoms with Crippen LogP contribution in [0.4, 0.5) is 5.95 Å². The van der Waals surface area contributed by atoms with Crippen molar-refractivity contribution in [2.45, 2.75) is 26.5 Å². The van der Waals surface area contributed by atoms with E-state index in [-0.39, 0.29) is 11.8 Å². The fourth-order valence-corrected chi connectivity index (χ4v) is 3.78. The topological polar surface area (TPSA) is 86.3 Å². The number of carbonyl (C=O) groups is 1. The SMILES string of the molecule is CCn1c(-c2ccc(COc3ccc(Cl)cc3)cc2)nnc1N1CCC(C(N)=O)C1. The summed E-state index contributed by atoms with van der Waals surface area (Å²) >= 11 is 5.90. The smallest absolute Gasteiger partial charge is 0.227 e. The van der Waals surface area contributed by atoms with Crippen molar-refractivity contribution in [1.29, 1.82) is 0 Å². The molecule has 2 heterocycles. The molecule has 156 valence electrons. The number of ether oxygens (including phenoxy) is 1. The summed E-state index contributed by atoms with van der Waals surface area (Å²) in [7, 11) is 0. The second-order valence-corrected chi connectivity index (χ2v) is 7.78. The van der Waals surface area contributed by atoms with E-state index in [4.69, 9.17) is 22.1 Å². The maximum absolute atomic E-state index is 11.5. The number of anilines is 1. The Morgan fingerprint density at radius 2 is 1.90 bits per heavy atom. The van der Waals surface area contributed by atoms with Gasteiger partial charge in [0.25, 0.3) is 0 Å². The normalized spacial score (nSPS) is 16.1. The van der Waals surface area contributed by atoms with Gasteiger partial charge in [-0.05, 0) is 43.2 Å². The van der Waals surface area contributed by atoms with Crippen molar-refractivity contribution in [2.75, 3.05) is 18.0 Å². The highest BCUT2D eigenvalue weighted by Gasteiger charge is 2.30. The summed E-state index contributed by atoms with van der Waals surface area (Å²) in [6.07, 6.45) is 0.754. The van der Waals surface area contributed by atoms with E-state index in [0.29, 0.717) is 18.2 Å². The average molecular weight is 426 g/mol. The molecule has 3 aromatic rings. The van der Waals surface area contributed by atoms with Gasteiger partial charge < -0.3 is 15.4 Å². The van der Waals surface area contributed by atoms with Gasteiger partial charge >= 0.3 is 0 Å². The number of nitrogens with two attached hydrogens (primary N) is 1. The third-order valence-corrected chi connectivity index (χ3v) is 5.60. The Labute approximate surface area is 180 Å². The van der Waals surface area contributed by atoms with E-state index in [9.17, 15) is 4.79 Å². The lowest BCUT2D eigenvalue weighted by atomic mass is 10.1. The molecule has 0 radical (unpaired) electrons. The van der Waals surface area contributed by atoms with Crippen LogP contribution in [0.2, 0.25) is 5.02 Å². The van der Waals surface area contributed by atoms with Gasteiger partial charge in [-0.3, -0.25) is 9.36 Å². The van der Waals surface area contributed by atoms with E-state index in [1.54, 1.807) is 12.1 Å². The molecule has 8 heteroatoms. The Hall–Kier alpha value is -3.06. The summed E-state index contributed by atoms with van der Waals surface area (Å²) in [6, 6.07) is 15.4. The molecule has 1 saturated heterocycles. The Morgan fingerprint density at radius 3 is 2.53 bits per heavy atom. The maximum Gasteiger partial charge on any atom is 0.227 e. The van der Waals surface area contributed by atoms with Crippen molar-refractivity contribution < 1.29 is 9.53 Å². The van der Waals surface area contributed by atoms with Crippen LogP contribution in [-0.4, -0.2) is 33.8 Å². The predicted molar refractivity (Wildman–Crippen MR) is 116 cm³/mol. The second kappa shape index (κ2) is 8.75. The Morgan fingerprint density at radius 1 is 1.17 bits per heavy atom. The van der Waals surface area contributed by atoms with E-state index in [2.05, 4.69) is 26.6 Å². The minimum Gasteiger partial charge on any atom is -0.489 e. The lowest BCUT2D eigenvalue weighted by Gasteiger charge is -2.18. The first kappa shape index (κ1) is 20.2. The summed E-state index contributed by atoms with van der Waals surface area (Å²) in [5, 5.41) is 9.50.